The number of aromatic nitrogens is 1. The van der Waals surface area contributed by atoms with Crippen molar-refractivity contribution < 1.29 is 9.90 Å². The highest BCUT2D eigenvalue weighted by atomic mass is 16.4. The number of hydrogen-bond acceptors (Lipinski definition) is 3. The number of anilines is 1. The summed E-state index contributed by atoms with van der Waals surface area (Å²) in [5.74, 6) is -0.248. The molecule has 2 aromatic rings. The van der Waals surface area contributed by atoms with Crippen LogP contribution in [0.5, 0.6) is 0 Å². The van der Waals surface area contributed by atoms with Crippen LogP contribution in [0.25, 0.3) is 0 Å². The van der Waals surface area contributed by atoms with Gasteiger partial charge in [-0.1, -0.05) is 18.2 Å². The third-order valence-electron chi connectivity index (χ3n) is 4.62. The minimum absolute atomic E-state index is 0.157. The maximum Gasteiger partial charge on any atom is 0.335 e. The van der Waals surface area contributed by atoms with Gasteiger partial charge >= 0.3 is 5.97 Å². The molecule has 1 aliphatic heterocycles. The quantitative estimate of drug-likeness (QED) is 0.830. The molecule has 2 aliphatic rings. The summed E-state index contributed by atoms with van der Waals surface area (Å²) < 4.78 is 0. The molecule has 2 N–H and O–H groups in total. The summed E-state index contributed by atoms with van der Waals surface area (Å²) in [6, 6.07) is 11.5. The summed E-state index contributed by atoms with van der Waals surface area (Å²) in [5, 5.41) is 12.8. The predicted molar refractivity (Wildman–Crippen MR) is 84.0 cm³/mol. The van der Waals surface area contributed by atoms with Gasteiger partial charge < -0.3 is 10.4 Å². The normalized spacial score (nSPS) is 25.2. The fourth-order valence-electron chi connectivity index (χ4n) is 3.58. The molecular formula is C18H16N2O2. The van der Waals surface area contributed by atoms with E-state index >= 15 is 0 Å². The van der Waals surface area contributed by atoms with E-state index in [2.05, 4.69) is 22.5 Å². The summed E-state index contributed by atoms with van der Waals surface area (Å²) in [6.07, 6.45) is 7.19. The number of hydrogen-bond donors (Lipinski definition) is 2. The Kier molecular flexibility index (Phi) is 2.96. The van der Waals surface area contributed by atoms with E-state index in [4.69, 9.17) is 0 Å². The molecule has 0 spiro atoms. The highest BCUT2D eigenvalue weighted by Crippen LogP contribution is 2.49. The van der Waals surface area contributed by atoms with Crippen LogP contribution >= 0.6 is 0 Å². The topological polar surface area (TPSA) is 62.2 Å². The van der Waals surface area contributed by atoms with Gasteiger partial charge in [0, 0.05) is 17.8 Å². The highest BCUT2D eigenvalue weighted by molar-refractivity contribution is 5.89. The van der Waals surface area contributed by atoms with Gasteiger partial charge in [0.1, 0.15) is 0 Å². The van der Waals surface area contributed by atoms with Crippen molar-refractivity contribution in [2.45, 2.75) is 18.4 Å². The highest BCUT2D eigenvalue weighted by Gasteiger charge is 2.38. The maximum absolute atomic E-state index is 11.2. The van der Waals surface area contributed by atoms with Crippen LogP contribution in [0.2, 0.25) is 0 Å². The fraction of sp³-hybridized carbons (Fsp3) is 0.222. The van der Waals surface area contributed by atoms with E-state index in [1.807, 2.05) is 30.5 Å². The van der Waals surface area contributed by atoms with Crippen molar-refractivity contribution in [2.75, 3.05) is 5.32 Å². The Bertz CT molecular complexity index is 755. The van der Waals surface area contributed by atoms with Crippen LogP contribution in [0, 0.1) is 5.92 Å². The first kappa shape index (κ1) is 13.1. The molecule has 0 radical (unpaired) electrons. The second-order valence-electron chi connectivity index (χ2n) is 5.84. The van der Waals surface area contributed by atoms with Gasteiger partial charge in [0.05, 0.1) is 17.3 Å². The number of nitrogens with one attached hydrogen (secondary N) is 1. The molecule has 3 atom stereocenters. The van der Waals surface area contributed by atoms with Crippen molar-refractivity contribution in [3.63, 3.8) is 0 Å². The fourth-order valence-corrected chi connectivity index (χ4v) is 3.58. The molecule has 4 nitrogen and oxygen atoms in total. The molecule has 0 saturated heterocycles. The molecule has 1 aromatic heterocycles. The lowest BCUT2D eigenvalue weighted by molar-refractivity contribution is 0.0696. The number of carbonyl (C=O) groups is 1. The lowest BCUT2D eigenvalue weighted by Crippen LogP contribution is -2.29. The van der Waals surface area contributed by atoms with Crippen molar-refractivity contribution in [3.8, 4) is 0 Å². The number of benzene rings is 1. The molecule has 0 bridgehead atoms. The van der Waals surface area contributed by atoms with Gasteiger partial charge in [-0.3, -0.25) is 4.98 Å². The molecule has 0 unspecified atom stereocenters. The second-order valence-corrected chi connectivity index (χ2v) is 5.84. The zero-order chi connectivity index (χ0) is 15.1. The average molecular weight is 292 g/mol. The SMILES string of the molecule is O=C(O)c1ccc2c(c1)[C@@H]1C=CC[C@@H]1[C@@H](c1ccccn1)N2. The molecule has 0 saturated carbocycles. The lowest BCUT2D eigenvalue weighted by Gasteiger charge is -2.37. The van der Waals surface area contributed by atoms with E-state index in [0.717, 1.165) is 23.4 Å². The Morgan fingerprint density at radius 1 is 1.27 bits per heavy atom. The monoisotopic (exact) mass is 292 g/mol. The Balaban J connectivity index is 1.79. The second kappa shape index (κ2) is 4.98. The number of fused-ring (bicyclic) bond motifs is 3. The van der Waals surface area contributed by atoms with E-state index in [1.165, 1.54) is 0 Å². The molecule has 0 fully saturated rings. The molecule has 110 valence electrons. The molecule has 0 amide bonds. The van der Waals surface area contributed by atoms with Crippen LogP contribution in [0.3, 0.4) is 0 Å². The molecule has 1 aliphatic carbocycles. The van der Waals surface area contributed by atoms with Crippen LogP contribution in [0.15, 0.2) is 54.7 Å². The van der Waals surface area contributed by atoms with Crippen LogP contribution in [0.1, 0.15) is 40.0 Å². The van der Waals surface area contributed by atoms with Crippen molar-refractivity contribution in [3.05, 3.63) is 71.6 Å². The number of allylic oxidation sites excluding steroid dienone is 2. The smallest absolute Gasteiger partial charge is 0.335 e. The number of nitrogens with zero attached hydrogens (tertiary/aromatic N) is 1. The Hall–Kier alpha value is -2.62. The minimum Gasteiger partial charge on any atom is -0.478 e. The summed E-state index contributed by atoms with van der Waals surface area (Å²) in [6.45, 7) is 0. The average Bonchev–Trinajstić information content (AvgIpc) is 3.04. The first-order valence-corrected chi connectivity index (χ1v) is 7.45. The lowest BCUT2D eigenvalue weighted by atomic mass is 9.78. The van der Waals surface area contributed by atoms with Crippen molar-refractivity contribution >= 4 is 11.7 Å². The number of aromatic carboxylic acids is 1. The molecule has 4 rings (SSSR count). The van der Waals surface area contributed by atoms with Crippen LogP contribution in [-0.4, -0.2) is 16.1 Å². The molecule has 1 aromatic carbocycles. The van der Waals surface area contributed by atoms with E-state index in [9.17, 15) is 9.90 Å². The summed E-state index contributed by atoms with van der Waals surface area (Å²) >= 11 is 0. The zero-order valence-electron chi connectivity index (χ0n) is 11.9. The van der Waals surface area contributed by atoms with Crippen molar-refractivity contribution in [1.29, 1.82) is 0 Å². The van der Waals surface area contributed by atoms with Gasteiger partial charge in [-0.15, -0.1) is 0 Å². The number of carboxylic acid groups (broad SMARTS) is 1. The van der Waals surface area contributed by atoms with Crippen LogP contribution in [0.4, 0.5) is 5.69 Å². The van der Waals surface area contributed by atoms with Crippen LogP contribution in [-0.2, 0) is 0 Å². The Labute approximate surface area is 128 Å². The Morgan fingerprint density at radius 3 is 2.95 bits per heavy atom. The first-order valence-electron chi connectivity index (χ1n) is 7.45. The zero-order valence-corrected chi connectivity index (χ0v) is 11.9. The maximum atomic E-state index is 11.2. The number of pyridine rings is 1. The Morgan fingerprint density at radius 2 is 2.18 bits per heavy atom. The molecular weight excluding hydrogens is 276 g/mol. The van der Waals surface area contributed by atoms with Crippen molar-refractivity contribution in [1.82, 2.24) is 4.98 Å². The summed E-state index contributed by atoms with van der Waals surface area (Å²) in [7, 11) is 0. The van der Waals surface area contributed by atoms with Gasteiger partial charge in [0.15, 0.2) is 0 Å². The molecule has 22 heavy (non-hydrogen) atoms. The van der Waals surface area contributed by atoms with E-state index in [0.29, 0.717) is 11.5 Å². The summed E-state index contributed by atoms with van der Waals surface area (Å²) in [5.41, 5.74) is 3.46. The van der Waals surface area contributed by atoms with E-state index in [-0.39, 0.29) is 12.0 Å². The predicted octanol–water partition coefficient (Wildman–Crippen LogP) is 3.61. The standard InChI is InChI=1S/C18H16N2O2/c21-18(22)11-7-8-15-14(10-11)12-4-3-5-13(12)17(20-15)16-6-1-2-9-19-16/h1-4,6-10,12-13,17,20H,5H2,(H,21,22)/t12-,13+,17+/m1/s1. The van der Waals surface area contributed by atoms with Crippen LogP contribution < -0.4 is 5.32 Å². The number of carboxylic acids is 1. The molecule has 4 heteroatoms. The third kappa shape index (κ3) is 1.99. The van der Waals surface area contributed by atoms with Gasteiger partial charge in [-0.2, -0.15) is 0 Å². The van der Waals surface area contributed by atoms with Gasteiger partial charge in [-0.05, 0) is 48.2 Å². The number of rotatable bonds is 2. The van der Waals surface area contributed by atoms with E-state index < -0.39 is 5.97 Å². The first-order chi connectivity index (χ1) is 10.7. The minimum atomic E-state index is -0.881. The van der Waals surface area contributed by atoms with Gasteiger partial charge in [-0.25, -0.2) is 4.79 Å². The van der Waals surface area contributed by atoms with Crippen molar-refractivity contribution in [2.24, 2.45) is 5.92 Å². The molecule has 2 heterocycles. The largest absolute Gasteiger partial charge is 0.478 e. The summed E-state index contributed by atoms with van der Waals surface area (Å²) in [4.78, 5) is 15.7. The van der Waals surface area contributed by atoms with E-state index in [1.54, 1.807) is 12.1 Å². The van der Waals surface area contributed by atoms with Gasteiger partial charge in [0.25, 0.3) is 0 Å². The third-order valence-corrected chi connectivity index (χ3v) is 4.62. The van der Waals surface area contributed by atoms with Gasteiger partial charge in [0.2, 0.25) is 0 Å².